The lowest BCUT2D eigenvalue weighted by Gasteiger charge is -2.42. The minimum Gasteiger partial charge on any atom is -0.491 e. The number of aromatic amines is 1. The predicted molar refractivity (Wildman–Crippen MR) is 139 cm³/mol. The van der Waals surface area contributed by atoms with E-state index in [0.29, 0.717) is 29.8 Å². The summed E-state index contributed by atoms with van der Waals surface area (Å²) in [6.45, 7) is 5.54. The largest absolute Gasteiger partial charge is 0.491 e. The monoisotopic (exact) mass is 550 g/mol. The van der Waals surface area contributed by atoms with E-state index in [1.165, 1.54) is 31.4 Å². The quantitative estimate of drug-likeness (QED) is 0.242. The third-order valence-electron chi connectivity index (χ3n) is 6.98. The number of nitrogens with one attached hydrogen (secondary N) is 1. The summed E-state index contributed by atoms with van der Waals surface area (Å²) in [5, 5.41) is 0.737. The lowest BCUT2D eigenvalue weighted by atomic mass is 9.85. The zero-order valence-electron chi connectivity index (χ0n) is 22.0. The Morgan fingerprint density at radius 1 is 1.21 bits per heavy atom. The molecule has 1 N–H and O–H groups in total. The minimum absolute atomic E-state index is 0.0555. The van der Waals surface area contributed by atoms with Gasteiger partial charge in [-0.15, -0.1) is 0 Å². The number of hydrogen-bond acceptors (Lipinski definition) is 7. The average molecular weight is 551 g/mol. The lowest BCUT2D eigenvalue weighted by Crippen LogP contribution is -2.46. The first-order chi connectivity index (χ1) is 17.9. The molecule has 0 saturated heterocycles. The molecule has 0 saturated carbocycles. The Morgan fingerprint density at radius 3 is 2.63 bits per heavy atom. The van der Waals surface area contributed by atoms with Crippen molar-refractivity contribution < 1.29 is 35.6 Å². The van der Waals surface area contributed by atoms with Crippen LogP contribution in [0, 0.1) is 24.5 Å². The Hall–Kier alpha value is -3.02. The first-order valence-corrected chi connectivity index (χ1v) is 14.1. The van der Waals surface area contributed by atoms with E-state index in [4.69, 9.17) is 13.7 Å². The van der Waals surface area contributed by atoms with E-state index in [0.717, 1.165) is 28.4 Å². The van der Waals surface area contributed by atoms with Crippen molar-refractivity contribution in [3.63, 3.8) is 0 Å². The molecule has 0 fully saturated rings. The van der Waals surface area contributed by atoms with Gasteiger partial charge in [0.25, 0.3) is 10.1 Å². The van der Waals surface area contributed by atoms with Crippen molar-refractivity contribution in [2.24, 2.45) is 5.92 Å². The van der Waals surface area contributed by atoms with Crippen LogP contribution in [-0.4, -0.2) is 63.4 Å². The zero-order valence-corrected chi connectivity index (χ0v) is 22.8. The molecule has 11 heteroatoms. The summed E-state index contributed by atoms with van der Waals surface area (Å²) < 4.78 is 67.8. The van der Waals surface area contributed by atoms with Crippen LogP contribution in [0.25, 0.3) is 10.9 Å². The van der Waals surface area contributed by atoms with Gasteiger partial charge in [0.05, 0.1) is 25.3 Å². The van der Waals surface area contributed by atoms with E-state index in [9.17, 15) is 17.6 Å². The standard InChI is InChI=1S/C27H32F2N2O6S/c1-15(27(32)35-4)14-31-16(2)12-20-19-13-18(28)6-8-22(19)30-25(20)26(31)24-17(3)23(9-7-21(24)29)36-10-11-37-38(5,33)34/h6-9,13,15-16,26,30H,10-12,14H2,1-5H3/t15-,16-,26-/m1/s1. The van der Waals surface area contributed by atoms with E-state index in [2.05, 4.69) is 9.88 Å². The van der Waals surface area contributed by atoms with Crippen molar-refractivity contribution in [2.45, 2.75) is 39.3 Å². The van der Waals surface area contributed by atoms with Crippen LogP contribution in [-0.2, 0) is 30.3 Å². The van der Waals surface area contributed by atoms with Gasteiger partial charge in [0, 0.05) is 34.7 Å². The Morgan fingerprint density at radius 2 is 1.95 bits per heavy atom. The summed E-state index contributed by atoms with van der Waals surface area (Å²) in [6.07, 6.45) is 1.52. The molecule has 38 heavy (non-hydrogen) atoms. The second-order valence-electron chi connectivity index (χ2n) is 9.74. The van der Waals surface area contributed by atoms with Crippen LogP contribution in [0.2, 0.25) is 0 Å². The number of benzene rings is 2. The van der Waals surface area contributed by atoms with Crippen LogP contribution in [0.3, 0.4) is 0 Å². The summed E-state index contributed by atoms with van der Waals surface area (Å²) in [5.41, 5.74) is 3.23. The number of nitrogens with zero attached hydrogens (tertiary/aromatic N) is 1. The highest BCUT2D eigenvalue weighted by Gasteiger charge is 2.39. The first kappa shape index (κ1) is 28.0. The molecule has 8 nitrogen and oxygen atoms in total. The number of fused-ring (bicyclic) bond motifs is 3. The van der Waals surface area contributed by atoms with Gasteiger partial charge in [0.15, 0.2) is 0 Å². The van der Waals surface area contributed by atoms with E-state index < -0.39 is 27.9 Å². The summed E-state index contributed by atoms with van der Waals surface area (Å²) in [4.78, 5) is 17.8. The van der Waals surface area contributed by atoms with Crippen molar-refractivity contribution in [1.82, 2.24) is 9.88 Å². The van der Waals surface area contributed by atoms with Gasteiger partial charge in [0.2, 0.25) is 0 Å². The molecule has 1 aliphatic heterocycles. The van der Waals surface area contributed by atoms with Crippen LogP contribution in [0.15, 0.2) is 30.3 Å². The Kier molecular flexibility index (Phi) is 8.10. The first-order valence-electron chi connectivity index (χ1n) is 12.3. The van der Waals surface area contributed by atoms with Crippen molar-refractivity contribution in [1.29, 1.82) is 0 Å². The fraction of sp³-hybridized carbons (Fsp3) is 0.444. The maximum absolute atomic E-state index is 15.7. The molecule has 0 amide bonds. The Labute approximate surface area is 221 Å². The molecule has 2 heterocycles. The van der Waals surface area contributed by atoms with Gasteiger partial charge in [-0.25, -0.2) is 8.78 Å². The van der Waals surface area contributed by atoms with Gasteiger partial charge in [-0.3, -0.25) is 13.9 Å². The normalized spacial score (nSPS) is 18.8. The van der Waals surface area contributed by atoms with E-state index in [-0.39, 0.29) is 31.0 Å². The summed E-state index contributed by atoms with van der Waals surface area (Å²) in [7, 11) is -2.29. The lowest BCUT2D eigenvalue weighted by molar-refractivity contribution is -0.145. The number of hydrogen-bond donors (Lipinski definition) is 1. The smallest absolute Gasteiger partial charge is 0.309 e. The molecule has 0 spiro atoms. The second-order valence-corrected chi connectivity index (χ2v) is 11.4. The molecule has 0 unspecified atom stereocenters. The maximum Gasteiger partial charge on any atom is 0.309 e. The van der Waals surface area contributed by atoms with Gasteiger partial charge in [0.1, 0.15) is 30.6 Å². The number of methoxy groups -OCH3 is 1. The van der Waals surface area contributed by atoms with Crippen LogP contribution in [0.4, 0.5) is 8.78 Å². The SMILES string of the molecule is COC(=O)[C@H](C)CN1[C@H](c2c(F)ccc(OCCOS(C)(=O)=O)c2C)c2[nH]c3ccc(F)cc3c2C[C@H]1C. The van der Waals surface area contributed by atoms with Crippen molar-refractivity contribution in [3.8, 4) is 5.75 Å². The van der Waals surface area contributed by atoms with Gasteiger partial charge in [-0.1, -0.05) is 6.92 Å². The molecule has 0 bridgehead atoms. The predicted octanol–water partition coefficient (Wildman–Crippen LogP) is 4.25. The second kappa shape index (κ2) is 11.0. The van der Waals surface area contributed by atoms with Crippen molar-refractivity contribution in [2.75, 3.05) is 33.1 Å². The van der Waals surface area contributed by atoms with E-state index in [1.807, 2.05) is 6.92 Å². The van der Waals surface area contributed by atoms with Crippen LogP contribution in [0.1, 0.15) is 42.3 Å². The third-order valence-corrected chi connectivity index (χ3v) is 7.58. The Balaban J connectivity index is 1.81. The summed E-state index contributed by atoms with van der Waals surface area (Å²) in [5.74, 6) is -1.31. The topological polar surface area (TPSA) is 97.9 Å². The Bertz CT molecular complexity index is 1460. The average Bonchev–Trinajstić information content (AvgIpc) is 3.20. The number of ether oxygens (including phenoxy) is 2. The number of esters is 1. The highest BCUT2D eigenvalue weighted by Crippen LogP contribution is 2.44. The molecule has 3 aromatic rings. The molecular formula is C27H32F2N2O6S. The molecule has 3 atom stereocenters. The van der Waals surface area contributed by atoms with Crippen LogP contribution < -0.4 is 4.74 Å². The summed E-state index contributed by atoms with van der Waals surface area (Å²) in [6, 6.07) is 6.56. The molecule has 1 aromatic heterocycles. The number of aromatic nitrogens is 1. The molecule has 0 aliphatic carbocycles. The van der Waals surface area contributed by atoms with E-state index in [1.54, 1.807) is 19.9 Å². The maximum atomic E-state index is 15.7. The number of H-pyrrole nitrogens is 1. The molecule has 2 aromatic carbocycles. The molecular weight excluding hydrogens is 518 g/mol. The zero-order chi connectivity index (χ0) is 27.8. The molecule has 206 valence electrons. The highest BCUT2D eigenvalue weighted by molar-refractivity contribution is 7.85. The summed E-state index contributed by atoms with van der Waals surface area (Å²) >= 11 is 0. The van der Waals surface area contributed by atoms with Crippen molar-refractivity contribution in [3.05, 3.63) is 64.4 Å². The number of carbonyl (C=O) groups excluding carboxylic acids is 1. The minimum atomic E-state index is -3.62. The van der Waals surface area contributed by atoms with Crippen molar-refractivity contribution >= 4 is 27.0 Å². The van der Waals surface area contributed by atoms with Gasteiger partial charge in [-0.2, -0.15) is 8.42 Å². The van der Waals surface area contributed by atoms with Gasteiger partial charge in [-0.05, 0) is 61.7 Å². The molecule has 1 aliphatic rings. The number of rotatable bonds is 9. The fourth-order valence-electron chi connectivity index (χ4n) is 5.22. The number of carbonyl (C=O) groups is 1. The van der Waals surface area contributed by atoms with Crippen LogP contribution >= 0.6 is 0 Å². The van der Waals surface area contributed by atoms with E-state index >= 15 is 4.39 Å². The molecule has 4 rings (SSSR count). The van der Waals surface area contributed by atoms with Gasteiger partial charge < -0.3 is 14.5 Å². The molecule has 0 radical (unpaired) electrons. The fourth-order valence-corrected chi connectivity index (χ4v) is 5.59. The number of halogens is 2. The third kappa shape index (κ3) is 5.69. The van der Waals surface area contributed by atoms with Crippen LogP contribution in [0.5, 0.6) is 5.75 Å². The van der Waals surface area contributed by atoms with Gasteiger partial charge >= 0.3 is 5.97 Å². The highest BCUT2D eigenvalue weighted by atomic mass is 32.2.